The molecule has 5 nitrogen and oxygen atoms in total. The molecule has 2 amide bonds. The SMILES string of the molecule is CN(Cc1ccc(OC(F)(F)F)cc1)C(=O)CCCNC(=O)c1ccc(F)cc1F. The van der Waals surface area contributed by atoms with E-state index in [2.05, 4.69) is 10.1 Å². The molecule has 162 valence electrons. The highest BCUT2D eigenvalue weighted by molar-refractivity contribution is 5.94. The quantitative estimate of drug-likeness (QED) is 0.508. The number of carbonyl (C=O) groups excluding carboxylic acids is 2. The summed E-state index contributed by atoms with van der Waals surface area (Å²) in [5, 5.41) is 2.45. The molecule has 0 unspecified atom stereocenters. The van der Waals surface area contributed by atoms with Crippen molar-refractivity contribution >= 4 is 11.8 Å². The Labute approximate surface area is 169 Å². The third kappa shape index (κ3) is 7.34. The van der Waals surface area contributed by atoms with E-state index in [1.54, 1.807) is 0 Å². The van der Waals surface area contributed by atoms with Crippen molar-refractivity contribution in [1.82, 2.24) is 10.2 Å². The van der Waals surface area contributed by atoms with E-state index in [0.29, 0.717) is 11.6 Å². The summed E-state index contributed by atoms with van der Waals surface area (Å²) in [5.74, 6) is -3.08. The zero-order valence-electron chi connectivity index (χ0n) is 15.9. The van der Waals surface area contributed by atoms with Crippen molar-refractivity contribution in [3.8, 4) is 5.75 Å². The van der Waals surface area contributed by atoms with E-state index in [4.69, 9.17) is 0 Å². The van der Waals surface area contributed by atoms with Gasteiger partial charge in [-0.05, 0) is 36.2 Å². The molecule has 1 N–H and O–H groups in total. The van der Waals surface area contributed by atoms with Crippen molar-refractivity contribution in [2.45, 2.75) is 25.7 Å². The molecule has 0 bridgehead atoms. The molecule has 0 aliphatic rings. The molecule has 0 saturated heterocycles. The Morgan fingerprint density at radius 1 is 1.07 bits per heavy atom. The number of amides is 2. The van der Waals surface area contributed by atoms with Crippen molar-refractivity contribution in [2.24, 2.45) is 0 Å². The lowest BCUT2D eigenvalue weighted by Crippen LogP contribution is -2.29. The first-order valence-corrected chi connectivity index (χ1v) is 8.87. The second-order valence-corrected chi connectivity index (χ2v) is 6.43. The van der Waals surface area contributed by atoms with Crippen LogP contribution in [0.3, 0.4) is 0 Å². The number of hydrogen-bond donors (Lipinski definition) is 1. The summed E-state index contributed by atoms with van der Waals surface area (Å²) in [6, 6.07) is 7.76. The minimum atomic E-state index is -4.77. The number of alkyl halides is 3. The average molecular weight is 430 g/mol. The Morgan fingerprint density at radius 2 is 1.73 bits per heavy atom. The van der Waals surface area contributed by atoms with Crippen LogP contribution in [0.1, 0.15) is 28.8 Å². The number of nitrogens with zero attached hydrogens (tertiary/aromatic N) is 1. The van der Waals surface area contributed by atoms with Crippen LogP contribution in [0.15, 0.2) is 42.5 Å². The standard InChI is InChI=1S/C20H19F5N2O3/c1-27(12-13-4-7-15(8-5-13)30-20(23,24)25)18(28)3-2-10-26-19(29)16-9-6-14(21)11-17(16)22/h4-9,11H,2-3,10,12H2,1H3,(H,26,29). The van der Waals surface area contributed by atoms with Crippen LogP contribution in [0.5, 0.6) is 5.75 Å². The van der Waals surface area contributed by atoms with Crippen LogP contribution in [0, 0.1) is 11.6 Å². The average Bonchev–Trinajstić information content (AvgIpc) is 2.65. The van der Waals surface area contributed by atoms with Gasteiger partial charge >= 0.3 is 6.36 Å². The van der Waals surface area contributed by atoms with Gasteiger partial charge in [-0.15, -0.1) is 13.2 Å². The lowest BCUT2D eigenvalue weighted by atomic mass is 10.2. The second-order valence-electron chi connectivity index (χ2n) is 6.43. The second kappa shape index (κ2) is 10.0. The monoisotopic (exact) mass is 430 g/mol. The summed E-state index contributed by atoms with van der Waals surface area (Å²) in [6.45, 7) is 0.289. The highest BCUT2D eigenvalue weighted by Crippen LogP contribution is 2.23. The fourth-order valence-electron chi connectivity index (χ4n) is 2.56. The summed E-state index contributed by atoms with van der Waals surface area (Å²) in [4.78, 5) is 25.4. The molecule has 0 heterocycles. The summed E-state index contributed by atoms with van der Waals surface area (Å²) in [6.07, 6.45) is -4.39. The van der Waals surface area contributed by atoms with Crippen molar-refractivity contribution in [3.05, 3.63) is 65.2 Å². The van der Waals surface area contributed by atoms with Crippen molar-refractivity contribution in [3.63, 3.8) is 0 Å². The van der Waals surface area contributed by atoms with Gasteiger partial charge in [-0.3, -0.25) is 9.59 Å². The van der Waals surface area contributed by atoms with Gasteiger partial charge in [0.2, 0.25) is 5.91 Å². The maximum atomic E-state index is 13.5. The van der Waals surface area contributed by atoms with Gasteiger partial charge < -0.3 is 15.0 Å². The predicted molar refractivity (Wildman–Crippen MR) is 97.5 cm³/mol. The zero-order chi connectivity index (χ0) is 22.3. The van der Waals surface area contributed by atoms with E-state index in [9.17, 15) is 31.5 Å². The van der Waals surface area contributed by atoms with Crippen molar-refractivity contribution in [1.29, 1.82) is 0 Å². The topological polar surface area (TPSA) is 58.6 Å². The van der Waals surface area contributed by atoms with Gasteiger partial charge in [-0.2, -0.15) is 0 Å². The van der Waals surface area contributed by atoms with E-state index in [1.165, 1.54) is 24.1 Å². The van der Waals surface area contributed by atoms with E-state index in [0.717, 1.165) is 24.3 Å². The molecule has 2 rings (SSSR count). The number of rotatable bonds is 8. The molecule has 2 aromatic carbocycles. The lowest BCUT2D eigenvalue weighted by Gasteiger charge is -2.18. The molecule has 0 fully saturated rings. The van der Waals surface area contributed by atoms with Gasteiger partial charge in [0, 0.05) is 32.6 Å². The summed E-state index contributed by atoms with van der Waals surface area (Å²) < 4.78 is 66.6. The molecule has 2 aromatic rings. The van der Waals surface area contributed by atoms with Crippen LogP contribution in [0.25, 0.3) is 0 Å². The summed E-state index contributed by atoms with van der Waals surface area (Å²) in [5.41, 5.74) is 0.318. The van der Waals surface area contributed by atoms with Crippen LogP contribution >= 0.6 is 0 Å². The molecule has 10 heteroatoms. The summed E-state index contributed by atoms with van der Waals surface area (Å²) >= 11 is 0. The minimum Gasteiger partial charge on any atom is -0.406 e. The van der Waals surface area contributed by atoms with Gasteiger partial charge in [0.1, 0.15) is 17.4 Å². The Balaban J connectivity index is 1.74. The van der Waals surface area contributed by atoms with E-state index in [1.807, 2.05) is 0 Å². The van der Waals surface area contributed by atoms with Crippen LogP contribution in [-0.4, -0.2) is 36.7 Å². The highest BCUT2D eigenvalue weighted by atomic mass is 19.4. The third-order valence-corrected chi connectivity index (χ3v) is 4.03. The van der Waals surface area contributed by atoms with E-state index >= 15 is 0 Å². The zero-order valence-corrected chi connectivity index (χ0v) is 15.9. The molecule has 0 saturated carbocycles. The number of nitrogens with one attached hydrogen (secondary N) is 1. The first kappa shape index (κ1) is 23.1. The minimum absolute atomic E-state index is 0.0952. The van der Waals surface area contributed by atoms with Gasteiger partial charge in [0.05, 0.1) is 5.56 Å². The molecule has 0 aliphatic heterocycles. The van der Waals surface area contributed by atoms with Gasteiger partial charge in [-0.25, -0.2) is 8.78 Å². The molecule has 0 radical (unpaired) electrons. The fourth-order valence-corrected chi connectivity index (χ4v) is 2.56. The first-order chi connectivity index (χ1) is 14.0. The van der Waals surface area contributed by atoms with Crippen LogP contribution in [0.2, 0.25) is 0 Å². The molecule has 0 aromatic heterocycles. The molecular formula is C20H19F5N2O3. The van der Waals surface area contributed by atoms with Gasteiger partial charge in [-0.1, -0.05) is 12.1 Å². The number of halogens is 5. The Kier molecular flexibility index (Phi) is 7.73. The predicted octanol–water partition coefficient (Wildman–Crippen LogP) is 4.03. The van der Waals surface area contributed by atoms with Crippen LogP contribution in [-0.2, 0) is 11.3 Å². The van der Waals surface area contributed by atoms with E-state index in [-0.39, 0.29) is 43.2 Å². The number of ether oxygens (including phenoxy) is 1. The lowest BCUT2D eigenvalue weighted by molar-refractivity contribution is -0.274. The largest absolute Gasteiger partial charge is 0.573 e. The number of carbonyl (C=O) groups is 2. The van der Waals surface area contributed by atoms with Crippen LogP contribution in [0.4, 0.5) is 22.0 Å². The number of benzene rings is 2. The maximum Gasteiger partial charge on any atom is 0.573 e. The van der Waals surface area contributed by atoms with Crippen molar-refractivity contribution in [2.75, 3.05) is 13.6 Å². The molecule has 0 atom stereocenters. The highest BCUT2D eigenvalue weighted by Gasteiger charge is 2.30. The normalized spacial score (nSPS) is 11.1. The van der Waals surface area contributed by atoms with E-state index < -0.39 is 23.9 Å². The Bertz CT molecular complexity index is 885. The van der Waals surface area contributed by atoms with Crippen molar-refractivity contribution < 1.29 is 36.3 Å². The van der Waals surface area contributed by atoms with Gasteiger partial charge in [0.25, 0.3) is 5.91 Å². The molecule has 30 heavy (non-hydrogen) atoms. The maximum absolute atomic E-state index is 13.5. The Morgan fingerprint density at radius 3 is 2.33 bits per heavy atom. The van der Waals surface area contributed by atoms with Crippen LogP contribution < -0.4 is 10.1 Å². The molecule has 0 aliphatic carbocycles. The Hall–Kier alpha value is -3.17. The smallest absolute Gasteiger partial charge is 0.406 e. The fraction of sp³-hybridized carbons (Fsp3) is 0.300. The molecular weight excluding hydrogens is 411 g/mol. The van der Waals surface area contributed by atoms with Gasteiger partial charge in [0.15, 0.2) is 0 Å². The number of hydrogen-bond acceptors (Lipinski definition) is 3. The third-order valence-electron chi connectivity index (χ3n) is 4.03. The molecule has 0 spiro atoms. The summed E-state index contributed by atoms with van der Waals surface area (Å²) in [7, 11) is 1.54. The first-order valence-electron chi connectivity index (χ1n) is 8.87.